The first-order valence-electron chi connectivity index (χ1n) is 9.91. The van der Waals surface area contributed by atoms with Crippen LogP contribution in [-0.4, -0.2) is 62.4 Å². The van der Waals surface area contributed by atoms with Gasteiger partial charge in [0.2, 0.25) is 0 Å². The number of carbonyl (C=O) groups excluding carboxylic acids is 2. The predicted octanol–water partition coefficient (Wildman–Crippen LogP) is 2.44. The summed E-state index contributed by atoms with van der Waals surface area (Å²) < 4.78 is 21.2. The fourth-order valence-corrected chi connectivity index (χ4v) is 2.51. The van der Waals surface area contributed by atoms with Crippen LogP contribution in [0.3, 0.4) is 0 Å². The summed E-state index contributed by atoms with van der Waals surface area (Å²) in [6.45, 7) is 11.0. The molecule has 0 aliphatic rings. The molecule has 2 amide bonds. The van der Waals surface area contributed by atoms with Crippen LogP contribution in [0.5, 0.6) is 5.75 Å². The Morgan fingerprint density at radius 1 is 0.900 bits per heavy atom. The van der Waals surface area contributed by atoms with Crippen LogP contribution in [0.25, 0.3) is 0 Å². The molecule has 170 valence electrons. The molecule has 0 unspecified atom stereocenters. The van der Waals surface area contributed by atoms with E-state index in [1.807, 2.05) is 13.8 Å². The Balaban J connectivity index is 2.07. The number of ether oxygens (including phenoxy) is 4. The minimum absolute atomic E-state index is 0.0601. The summed E-state index contributed by atoms with van der Waals surface area (Å²) in [6.07, 6.45) is -1.04. The molecule has 0 saturated carbocycles. The van der Waals surface area contributed by atoms with Crippen molar-refractivity contribution in [3.63, 3.8) is 0 Å². The first kappa shape index (κ1) is 25.7. The lowest BCUT2D eigenvalue weighted by Crippen LogP contribution is -2.34. The molecular weight excluding hydrogens is 392 g/mol. The Hall–Kier alpha value is -2.36. The number of alkyl carbamates (subject to hydrolysis) is 1. The van der Waals surface area contributed by atoms with Gasteiger partial charge in [-0.1, -0.05) is 12.1 Å². The molecule has 0 aliphatic carbocycles. The van der Waals surface area contributed by atoms with Crippen LogP contribution < -0.4 is 15.4 Å². The number of rotatable bonds is 11. The third-order valence-electron chi connectivity index (χ3n) is 3.70. The van der Waals surface area contributed by atoms with Crippen molar-refractivity contribution in [1.82, 2.24) is 10.6 Å². The van der Waals surface area contributed by atoms with Gasteiger partial charge in [-0.15, -0.1) is 0 Å². The highest BCUT2D eigenvalue weighted by atomic mass is 16.6. The lowest BCUT2D eigenvalue weighted by atomic mass is 10.1. The lowest BCUT2D eigenvalue weighted by molar-refractivity contribution is 0.0403. The highest BCUT2D eigenvalue weighted by Gasteiger charge is 2.15. The molecule has 0 heterocycles. The molecule has 9 heteroatoms. The molecule has 0 aliphatic heterocycles. The van der Waals surface area contributed by atoms with Crippen LogP contribution >= 0.6 is 0 Å². The maximum Gasteiger partial charge on any atom is 0.412 e. The van der Waals surface area contributed by atoms with Gasteiger partial charge in [-0.05, 0) is 51.3 Å². The van der Waals surface area contributed by atoms with Gasteiger partial charge in [0.05, 0.1) is 33.0 Å². The van der Waals surface area contributed by atoms with E-state index in [2.05, 4.69) is 10.6 Å². The largest absolute Gasteiger partial charge is 0.444 e. The maximum absolute atomic E-state index is 11.9. The summed E-state index contributed by atoms with van der Waals surface area (Å²) in [7, 11) is 0. The van der Waals surface area contributed by atoms with E-state index in [0.717, 1.165) is 16.7 Å². The van der Waals surface area contributed by atoms with Crippen molar-refractivity contribution in [3.8, 4) is 5.75 Å². The zero-order valence-corrected chi connectivity index (χ0v) is 18.5. The number of hydrogen-bond acceptors (Lipinski definition) is 7. The number of aliphatic hydroxyl groups excluding tert-OH is 1. The molecule has 1 aromatic rings. The molecular formula is C21H34N2O7. The number of amides is 2. The highest BCUT2D eigenvalue weighted by Crippen LogP contribution is 2.24. The highest BCUT2D eigenvalue weighted by molar-refractivity contribution is 5.71. The average Bonchev–Trinajstić information content (AvgIpc) is 2.64. The van der Waals surface area contributed by atoms with Crippen molar-refractivity contribution in [3.05, 3.63) is 28.8 Å². The van der Waals surface area contributed by atoms with Gasteiger partial charge in [0.1, 0.15) is 11.4 Å². The summed E-state index contributed by atoms with van der Waals surface area (Å²) in [5.41, 5.74) is 1.81. The average molecular weight is 427 g/mol. The van der Waals surface area contributed by atoms with Gasteiger partial charge in [0.15, 0.2) is 0 Å². The van der Waals surface area contributed by atoms with Crippen molar-refractivity contribution in [1.29, 1.82) is 0 Å². The van der Waals surface area contributed by atoms with E-state index >= 15 is 0 Å². The molecule has 0 bridgehead atoms. The molecule has 0 spiro atoms. The molecule has 9 nitrogen and oxygen atoms in total. The van der Waals surface area contributed by atoms with Crippen LogP contribution in [0.15, 0.2) is 12.1 Å². The number of aryl methyl sites for hydroxylation is 2. The zero-order valence-electron chi connectivity index (χ0n) is 18.5. The third kappa shape index (κ3) is 11.0. The van der Waals surface area contributed by atoms with Crippen molar-refractivity contribution in [2.45, 2.75) is 46.8 Å². The molecule has 0 saturated heterocycles. The second-order valence-electron chi connectivity index (χ2n) is 7.69. The number of nitrogens with one attached hydrogen (secondary N) is 2. The number of benzene rings is 1. The summed E-state index contributed by atoms with van der Waals surface area (Å²) in [5, 5.41) is 14.4. The summed E-state index contributed by atoms with van der Waals surface area (Å²) in [5.74, 6) is 0.485. The SMILES string of the molecule is Cc1cc(CO)cc(C)c1OC(=O)NCCOCCOCCNC(=O)OC(C)(C)C. The van der Waals surface area contributed by atoms with Crippen molar-refractivity contribution in [2.24, 2.45) is 0 Å². The first-order valence-corrected chi connectivity index (χ1v) is 9.91. The molecule has 0 aromatic heterocycles. The van der Waals surface area contributed by atoms with Crippen LogP contribution in [0, 0.1) is 13.8 Å². The normalized spacial score (nSPS) is 11.1. The Morgan fingerprint density at radius 3 is 1.87 bits per heavy atom. The monoisotopic (exact) mass is 426 g/mol. The first-order chi connectivity index (χ1) is 14.1. The molecule has 0 fully saturated rings. The Kier molecular flexibility index (Phi) is 11.2. The Morgan fingerprint density at radius 2 is 1.40 bits per heavy atom. The van der Waals surface area contributed by atoms with E-state index < -0.39 is 17.8 Å². The molecule has 1 rings (SSSR count). The van der Waals surface area contributed by atoms with Gasteiger partial charge >= 0.3 is 12.2 Å². The van der Waals surface area contributed by atoms with Crippen LogP contribution in [0.4, 0.5) is 9.59 Å². The number of carbonyl (C=O) groups is 2. The topological polar surface area (TPSA) is 115 Å². The van der Waals surface area contributed by atoms with E-state index in [-0.39, 0.29) is 6.61 Å². The molecule has 0 atom stereocenters. The minimum atomic E-state index is -0.564. The van der Waals surface area contributed by atoms with E-state index in [1.165, 1.54) is 0 Å². The second kappa shape index (κ2) is 13.0. The van der Waals surface area contributed by atoms with Crippen LogP contribution in [0.1, 0.15) is 37.5 Å². The fraction of sp³-hybridized carbons (Fsp3) is 0.619. The number of aliphatic hydroxyl groups is 1. The summed E-state index contributed by atoms with van der Waals surface area (Å²) in [6, 6.07) is 3.56. The number of hydrogen-bond donors (Lipinski definition) is 3. The van der Waals surface area contributed by atoms with Crippen LogP contribution in [-0.2, 0) is 20.8 Å². The van der Waals surface area contributed by atoms with E-state index in [0.29, 0.717) is 45.3 Å². The van der Waals surface area contributed by atoms with Crippen molar-refractivity contribution in [2.75, 3.05) is 39.5 Å². The molecule has 30 heavy (non-hydrogen) atoms. The molecule has 0 radical (unpaired) electrons. The van der Waals surface area contributed by atoms with Gasteiger partial charge in [-0.2, -0.15) is 0 Å². The van der Waals surface area contributed by atoms with Gasteiger partial charge < -0.3 is 34.7 Å². The summed E-state index contributed by atoms with van der Waals surface area (Å²) >= 11 is 0. The van der Waals surface area contributed by atoms with E-state index in [4.69, 9.17) is 18.9 Å². The quantitative estimate of drug-likeness (QED) is 0.466. The van der Waals surface area contributed by atoms with Gasteiger partial charge in [0.25, 0.3) is 0 Å². The van der Waals surface area contributed by atoms with Crippen molar-refractivity contribution >= 4 is 12.2 Å². The van der Waals surface area contributed by atoms with E-state index in [9.17, 15) is 14.7 Å². The lowest BCUT2D eigenvalue weighted by Gasteiger charge is -2.19. The molecule has 1 aromatic carbocycles. The Bertz CT molecular complexity index is 663. The van der Waals surface area contributed by atoms with Crippen molar-refractivity contribution < 1.29 is 33.6 Å². The van der Waals surface area contributed by atoms with Crippen LogP contribution in [0.2, 0.25) is 0 Å². The third-order valence-corrected chi connectivity index (χ3v) is 3.70. The minimum Gasteiger partial charge on any atom is -0.444 e. The Labute approximate surface area is 178 Å². The van der Waals surface area contributed by atoms with E-state index in [1.54, 1.807) is 32.9 Å². The molecule has 3 N–H and O–H groups in total. The van der Waals surface area contributed by atoms with Gasteiger partial charge in [0, 0.05) is 13.1 Å². The van der Waals surface area contributed by atoms with Gasteiger partial charge in [-0.25, -0.2) is 9.59 Å². The zero-order chi connectivity index (χ0) is 22.6. The standard InChI is InChI=1S/C21H34N2O7/c1-15-12-17(14-24)13-16(2)18(15)29-19(25)22-6-8-27-10-11-28-9-7-23-20(26)30-21(3,4)5/h12-13,24H,6-11,14H2,1-5H3,(H,22,25)(H,23,26). The second-order valence-corrected chi connectivity index (χ2v) is 7.69. The fourth-order valence-electron chi connectivity index (χ4n) is 2.51. The summed E-state index contributed by atoms with van der Waals surface area (Å²) in [4.78, 5) is 23.3. The smallest absolute Gasteiger partial charge is 0.412 e. The predicted molar refractivity (Wildman–Crippen MR) is 112 cm³/mol. The maximum atomic E-state index is 11.9. The van der Waals surface area contributed by atoms with Gasteiger partial charge in [-0.3, -0.25) is 0 Å².